The molecule has 0 radical (unpaired) electrons. The van der Waals surface area contributed by atoms with Crippen LogP contribution in [0.3, 0.4) is 0 Å². The van der Waals surface area contributed by atoms with E-state index in [4.69, 9.17) is 0 Å². The lowest BCUT2D eigenvalue weighted by atomic mass is 9.76. The maximum Gasteiger partial charge on any atom is 0.0133 e. The van der Waals surface area contributed by atoms with Gasteiger partial charge in [-0.1, -0.05) is 38.1 Å². The summed E-state index contributed by atoms with van der Waals surface area (Å²) < 4.78 is 1.32. The zero-order valence-electron chi connectivity index (χ0n) is 10.7. The zero-order chi connectivity index (χ0) is 12.6. The van der Waals surface area contributed by atoms with Crippen molar-refractivity contribution in [3.63, 3.8) is 0 Å². The summed E-state index contributed by atoms with van der Waals surface area (Å²) in [5.41, 5.74) is 3.14. The molecule has 0 bridgehead atoms. The smallest absolute Gasteiger partial charge is 0.0133 e. The van der Waals surface area contributed by atoms with Crippen molar-refractivity contribution in [1.29, 1.82) is 0 Å². The van der Waals surface area contributed by atoms with E-state index in [-0.39, 0.29) is 5.41 Å². The lowest BCUT2D eigenvalue weighted by molar-refractivity contribution is 0.397. The highest BCUT2D eigenvalue weighted by Crippen LogP contribution is 2.51. The van der Waals surface area contributed by atoms with Gasteiger partial charge in [0.15, 0.2) is 0 Å². The molecule has 2 rings (SSSR count). The molecule has 17 heavy (non-hydrogen) atoms. The Labute approximate surface area is 118 Å². The van der Waals surface area contributed by atoms with E-state index < -0.39 is 0 Å². The van der Waals surface area contributed by atoms with Crippen molar-refractivity contribution in [2.45, 2.75) is 32.1 Å². The molecule has 0 saturated heterocycles. The fourth-order valence-corrected chi connectivity index (χ4v) is 3.56. The van der Waals surface area contributed by atoms with E-state index in [1.54, 1.807) is 0 Å². The Bertz CT molecular complexity index is 468. The average Bonchev–Trinajstić information content (AvgIpc) is 2.48. The van der Waals surface area contributed by atoms with Gasteiger partial charge in [0.05, 0.1) is 0 Å². The molecule has 0 N–H and O–H groups in total. The summed E-state index contributed by atoms with van der Waals surface area (Å²) in [4.78, 5) is 0. The highest BCUT2D eigenvalue weighted by molar-refractivity contribution is 14.1. The molecule has 1 aromatic rings. The van der Waals surface area contributed by atoms with Crippen LogP contribution in [-0.4, -0.2) is 0 Å². The minimum Gasteiger partial charge on any atom is -0.103 e. The summed E-state index contributed by atoms with van der Waals surface area (Å²) in [7, 11) is 0. The SMILES string of the molecule is C=CC1[C@@H](/C=C\C)c2ccc(I)cc2C1(C)C. The van der Waals surface area contributed by atoms with Crippen LogP contribution in [0, 0.1) is 9.49 Å². The van der Waals surface area contributed by atoms with Gasteiger partial charge in [0.1, 0.15) is 0 Å². The first-order valence-corrected chi connectivity index (χ1v) is 7.15. The molecule has 1 aromatic carbocycles. The number of benzene rings is 1. The minimum atomic E-state index is 0.183. The number of halogens is 1. The molecule has 0 fully saturated rings. The third-order valence-corrected chi connectivity index (χ3v) is 4.61. The van der Waals surface area contributed by atoms with E-state index in [9.17, 15) is 0 Å². The van der Waals surface area contributed by atoms with Gasteiger partial charge in [-0.2, -0.15) is 0 Å². The second-order valence-electron chi connectivity index (χ2n) is 5.27. The van der Waals surface area contributed by atoms with Gasteiger partial charge in [-0.05, 0) is 64.1 Å². The number of allylic oxidation sites excluding steroid dienone is 3. The third-order valence-electron chi connectivity index (χ3n) is 3.94. The van der Waals surface area contributed by atoms with Crippen molar-refractivity contribution < 1.29 is 0 Å². The highest BCUT2D eigenvalue weighted by atomic mass is 127. The molecule has 0 saturated carbocycles. The molecule has 1 unspecified atom stereocenters. The van der Waals surface area contributed by atoms with Crippen molar-refractivity contribution in [1.82, 2.24) is 0 Å². The van der Waals surface area contributed by atoms with Crippen LogP contribution in [-0.2, 0) is 5.41 Å². The topological polar surface area (TPSA) is 0 Å². The van der Waals surface area contributed by atoms with E-state index >= 15 is 0 Å². The summed E-state index contributed by atoms with van der Waals surface area (Å²) in [6, 6.07) is 6.82. The van der Waals surface area contributed by atoms with E-state index in [1.807, 2.05) is 0 Å². The molecule has 0 aliphatic heterocycles. The largest absolute Gasteiger partial charge is 0.103 e. The van der Waals surface area contributed by atoms with Gasteiger partial charge in [0.2, 0.25) is 0 Å². The van der Waals surface area contributed by atoms with Gasteiger partial charge < -0.3 is 0 Å². The van der Waals surface area contributed by atoms with Crippen LogP contribution >= 0.6 is 22.6 Å². The Morgan fingerprint density at radius 1 is 1.35 bits per heavy atom. The summed E-state index contributed by atoms with van der Waals surface area (Å²) in [5.74, 6) is 0.978. The van der Waals surface area contributed by atoms with E-state index in [0.29, 0.717) is 11.8 Å². The number of rotatable bonds is 2. The Morgan fingerprint density at radius 2 is 2.06 bits per heavy atom. The van der Waals surface area contributed by atoms with Gasteiger partial charge in [0, 0.05) is 9.49 Å². The van der Waals surface area contributed by atoms with Crippen molar-refractivity contribution >= 4 is 22.6 Å². The van der Waals surface area contributed by atoms with Gasteiger partial charge in [0.25, 0.3) is 0 Å². The molecular weight excluding hydrogens is 319 g/mol. The average molecular weight is 338 g/mol. The summed E-state index contributed by atoms with van der Waals surface area (Å²) in [6.07, 6.45) is 6.59. The first-order chi connectivity index (χ1) is 8.02. The number of hydrogen-bond acceptors (Lipinski definition) is 0. The van der Waals surface area contributed by atoms with Gasteiger partial charge in [-0.15, -0.1) is 6.58 Å². The standard InChI is InChI=1S/C16H19I/c1-5-7-12-13-9-8-11(17)10-15(13)16(3,4)14(12)6-2/h5-10,12,14H,2H2,1,3-4H3/b7-5-/t12-,14?/m0/s1. The Kier molecular flexibility index (Phi) is 3.48. The van der Waals surface area contributed by atoms with Crippen LogP contribution in [0.4, 0.5) is 0 Å². The number of hydrogen-bond donors (Lipinski definition) is 0. The molecule has 0 nitrogen and oxygen atoms in total. The van der Waals surface area contributed by atoms with Crippen LogP contribution in [0.1, 0.15) is 37.8 Å². The van der Waals surface area contributed by atoms with Crippen LogP contribution in [0.15, 0.2) is 43.0 Å². The Balaban J connectivity index is 2.63. The first-order valence-electron chi connectivity index (χ1n) is 6.07. The molecule has 0 spiro atoms. The highest BCUT2D eigenvalue weighted by Gasteiger charge is 2.43. The van der Waals surface area contributed by atoms with E-state index in [0.717, 1.165) is 0 Å². The maximum absolute atomic E-state index is 4.04. The third kappa shape index (κ3) is 1.99. The van der Waals surface area contributed by atoms with E-state index in [1.165, 1.54) is 14.7 Å². The lowest BCUT2D eigenvalue weighted by Gasteiger charge is -2.28. The van der Waals surface area contributed by atoms with Crippen molar-refractivity contribution in [3.05, 3.63) is 57.7 Å². The summed E-state index contributed by atoms with van der Waals surface area (Å²) in [5, 5.41) is 0. The second-order valence-corrected chi connectivity index (χ2v) is 6.51. The maximum atomic E-state index is 4.04. The lowest BCUT2D eigenvalue weighted by Crippen LogP contribution is -2.23. The Morgan fingerprint density at radius 3 is 2.65 bits per heavy atom. The summed E-state index contributed by atoms with van der Waals surface area (Å²) in [6.45, 7) is 10.8. The van der Waals surface area contributed by atoms with Crippen LogP contribution in [0.5, 0.6) is 0 Å². The molecule has 0 aromatic heterocycles. The quantitative estimate of drug-likeness (QED) is 0.523. The van der Waals surface area contributed by atoms with Crippen LogP contribution < -0.4 is 0 Å². The van der Waals surface area contributed by atoms with Crippen LogP contribution in [0.2, 0.25) is 0 Å². The van der Waals surface area contributed by atoms with Crippen molar-refractivity contribution in [3.8, 4) is 0 Å². The van der Waals surface area contributed by atoms with Crippen LogP contribution in [0.25, 0.3) is 0 Å². The van der Waals surface area contributed by atoms with E-state index in [2.05, 4.69) is 86.4 Å². The molecule has 1 heteroatoms. The molecule has 2 atom stereocenters. The van der Waals surface area contributed by atoms with Gasteiger partial charge in [-0.25, -0.2) is 0 Å². The zero-order valence-corrected chi connectivity index (χ0v) is 12.9. The summed E-state index contributed by atoms with van der Waals surface area (Å²) >= 11 is 2.39. The molecule has 1 aliphatic rings. The normalized spacial score (nSPS) is 26.1. The minimum absolute atomic E-state index is 0.183. The fraction of sp³-hybridized carbons (Fsp3) is 0.375. The predicted molar refractivity (Wildman–Crippen MR) is 83.4 cm³/mol. The Hall–Kier alpha value is -0.570. The first kappa shape index (κ1) is 12.9. The number of fused-ring (bicyclic) bond motifs is 1. The van der Waals surface area contributed by atoms with Crippen molar-refractivity contribution in [2.24, 2.45) is 5.92 Å². The predicted octanol–water partition coefficient (Wildman–Crippen LogP) is 5.04. The second kappa shape index (κ2) is 4.60. The fourth-order valence-electron chi connectivity index (χ4n) is 3.07. The molecule has 0 amide bonds. The molecule has 0 heterocycles. The molecule has 90 valence electrons. The van der Waals surface area contributed by atoms with Gasteiger partial charge >= 0.3 is 0 Å². The molecule has 1 aliphatic carbocycles. The van der Waals surface area contributed by atoms with Crippen molar-refractivity contribution in [2.75, 3.05) is 0 Å². The monoisotopic (exact) mass is 338 g/mol. The van der Waals surface area contributed by atoms with Gasteiger partial charge in [-0.3, -0.25) is 0 Å². The molecular formula is C16H19I.